The monoisotopic (exact) mass is 747 g/mol. The van der Waals surface area contributed by atoms with Gasteiger partial charge in [0.1, 0.15) is 12.1 Å². The second-order valence-corrected chi connectivity index (χ2v) is 16.2. The number of nitrogens with one attached hydrogen (secondary N) is 5. The third-order valence-corrected chi connectivity index (χ3v) is 10.7. The van der Waals surface area contributed by atoms with Crippen LogP contribution in [0.1, 0.15) is 84.8 Å². The Kier molecular flexibility index (Phi) is 14.9. The summed E-state index contributed by atoms with van der Waals surface area (Å²) in [6.45, 7) is 17.3. The molecule has 4 rings (SSSR count). The highest BCUT2D eigenvalue weighted by Gasteiger charge is 2.46. The lowest BCUT2D eigenvalue weighted by Crippen LogP contribution is -2.62. The van der Waals surface area contributed by atoms with Crippen molar-refractivity contribution in [2.24, 2.45) is 17.3 Å². The Balaban J connectivity index is 1.63. The van der Waals surface area contributed by atoms with Crippen molar-refractivity contribution in [1.82, 2.24) is 36.4 Å². The Morgan fingerprint density at radius 3 is 2.30 bits per heavy atom. The molecule has 0 spiro atoms. The van der Waals surface area contributed by atoms with Crippen molar-refractivity contribution in [2.75, 3.05) is 32.7 Å². The van der Waals surface area contributed by atoms with E-state index >= 15 is 0 Å². The molecule has 1 unspecified atom stereocenters. The Labute approximate surface area is 320 Å². The van der Waals surface area contributed by atoms with Gasteiger partial charge in [0.25, 0.3) is 5.91 Å². The Morgan fingerprint density at radius 2 is 1.70 bits per heavy atom. The molecule has 1 aliphatic carbocycles. The summed E-state index contributed by atoms with van der Waals surface area (Å²) in [6, 6.07) is 3.86. The van der Waals surface area contributed by atoms with E-state index in [2.05, 4.69) is 33.2 Å². The summed E-state index contributed by atoms with van der Waals surface area (Å²) < 4.78 is 0. The van der Waals surface area contributed by atoms with Gasteiger partial charge in [0.05, 0.1) is 12.1 Å². The summed E-state index contributed by atoms with van der Waals surface area (Å²) >= 11 is 0. The predicted octanol–water partition coefficient (Wildman–Crippen LogP) is 3.63. The molecule has 1 aromatic rings. The molecule has 296 valence electrons. The fourth-order valence-electron chi connectivity index (χ4n) is 7.69. The maximum Gasteiger partial charge on any atom is 0.317 e. The number of carbonyl (C=O) groups excluding carboxylic acids is 6. The zero-order valence-electron chi connectivity index (χ0n) is 33.0. The van der Waals surface area contributed by atoms with Crippen LogP contribution >= 0.6 is 0 Å². The standard InChI is InChI=1S/C41H61N7O6/c1-8-10-16-31(35(49)37(51)42-18-9-2)44-36(50)34-29(22-26(3)4)17-21-48(34)38(52)33(30-23-27-14-11-12-15-28(27)24-30)46-39(53)45-32(41(5,6)7)25-47-20-13-19-43-40(47)54/h9,11-12,14-15,22,29-34H,2,8,10,13,16-21,23-25H2,1,3-7H3,(H,42,51)(H,43,54)(H,44,50)(H2,45,46,53)/t29-,31?,32-,33+,34+/m1/s1. The van der Waals surface area contributed by atoms with Gasteiger partial charge in [-0.3, -0.25) is 19.2 Å². The van der Waals surface area contributed by atoms with Crippen LogP contribution in [0.25, 0.3) is 0 Å². The molecule has 0 saturated carbocycles. The van der Waals surface area contributed by atoms with Crippen molar-refractivity contribution >= 4 is 35.6 Å². The lowest BCUT2D eigenvalue weighted by molar-refractivity contribution is -0.143. The molecule has 13 nitrogen and oxygen atoms in total. The van der Waals surface area contributed by atoms with Crippen molar-refractivity contribution in [3.8, 4) is 0 Å². The number of fused-ring (bicyclic) bond motifs is 1. The number of rotatable bonds is 16. The molecule has 0 bridgehead atoms. The predicted molar refractivity (Wildman–Crippen MR) is 208 cm³/mol. The summed E-state index contributed by atoms with van der Waals surface area (Å²) in [5.74, 6) is -3.06. The molecule has 3 aliphatic rings. The van der Waals surface area contributed by atoms with E-state index in [4.69, 9.17) is 0 Å². The molecule has 54 heavy (non-hydrogen) atoms. The second-order valence-electron chi connectivity index (χ2n) is 16.2. The van der Waals surface area contributed by atoms with E-state index in [1.165, 1.54) is 6.08 Å². The fourth-order valence-corrected chi connectivity index (χ4v) is 7.69. The van der Waals surface area contributed by atoms with Gasteiger partial charge in [-0.1, -0.05) is 82.5 Å². The molecule has 13 heteroatoms. The number of hydrogen-bond donors (Lipinski definition) is 5. The minimum Gasteiger partial charge on any atom is -0.346 e. The van der Waals surface area contributed by atoms with Gasteiger partial charge in [-0.05, 0) is 68.4 Å². The van der Waals surface area contributed by atoms with Gasteiger partial charge in [-0.15, -0.1) is 6.58 Å². The van der Waals surface area contributed by atoms with E-state index in [1.54, 1.807) is 9.80 Å². The number of ketones is 1. The minimum absolute atomic E-state index is 0.115. The normalized spacial score (nSPS) is 20.1. The molecule has 5 N–H and O–H groups in total. The highest BCUT2D eigenvalue weighted by atomic mass is 16.2. The topological polar surface area (TPSA) is 169 Å². The molecular formula is C41H61N7O6. The molecule has 2 saturated heterocycles. The third kappa shape index (κ3) is 10.9. The van der Waals surface area contributed by atoms with Gasteiger partial charge in [0, 0.05) is 38.6 Å². The van der Waals surface area contributed by atoms with Crippen LogP contribution < -0.4 is 26.6 Å². The first-order chi connectivity index (χ1) is 25.6. The van der Waals surface area contributed by atoms with Crippen LogP contribution in [0.5, 0.6) is 0 Å². The van der Waals surface area contributed by atoms with Crippen molar-refractivity contribution in [3.05, 3.63) is 59.7 Å². The number of allylic oxidation sites excluding steroid dienone is 1. The first-order valence-electron chi connectivity index (χ1n) is 19.5. The molecular weight excluding hydrogens is 686 g/mol. The van der Waals surface area contributed by atoms with Gasteiger partial charge in [-0.25, -0.2) is 9.59 Å². The quantitative estimate of drug-likeness (QED) is 0.128. The van der Waals surface area contributed by atoms with Crippen LogP contribution in [-0.4, -0.2) is 102 Å². The maximum absolute atomic E-state index is 14.9. The van der Waals surface area contributed by atoms with Gasteiger partial charge in [0.15, 0.2) is 0 Å². The summed E-state index contributed by atoms with van der Waals surface area (Å²) in [7, 11) is 0. The van der Waals surface area contributed by atoms with E-state index in [0.717, 1.165) is 29.5 Å². The number of benzene rings is 1. The third-order valence-electron chi connectivity index (χ3n) is 10.7. The SMILES string of the molecule is C=CCNC(=O)C(=O)C(CCCC)NC(=O)[C@@H]1[C@@H](C=C(C)C)CCN1C(=O)[C@@H](NC(=O)N[C@H](CN1CCCNC1=O)C(C)(C)C)C1Cc2ccccc2C1. The highest BCUT2D eigenvalue weighted by Crippen LogP contribution is 2.33. The number of unbranched alkanes of at least 4 members (excludes halogenated alkanes) is 1. The van der Waals surface area contributed by atoms with Crippen molar-refractivity contribution in [1.29, 1.82) is 0 Å². The van der Waals surface area contributed by atoms with Gasteiger partial charge in [-0.2, -0.15) is 0 Å². The highest BCUT2D eigenvalue weighted by molar-refractivity contribution is 6.38. The van der Waals surface area contributed by atoms with E-state index < -0.39 is 53.2 Å². The van der Waals surface area contributed by atoms with Crippen LogP contribution in [0.3, 0.4) is 0 Å². The first-order valence-corrected chi connectivity index (χ1v) is 19.5. The van der Waals surface area contributed by atoms with Gasteiger partial charge >= 0.3 is 12.1 Å². The maximum atomic E-state index is 14.9. The van der Waals surface area contributed by atoms with Crippen LogP contribution in [-0.2, 0) is 32.0 Å². The lowest BCUT2D eigenvalue weighted by atomic mass is 9.86. The molecule has 1 aromatic carbocycles. The number of carbonyl (C=O) groups is 6. The Hall–Kier alpha value is -4.68. The number of Topliss-reactive ketones (excluding diaryl/α,β-unsaturated/α-hetero) is 1. The molecule has 2 heterocycles. The van der Waals surface area contributed by atoms with E-state index in [0.29, 0.717) is 45.3 Å². The summed E-state index contributed by atoms with van der Waals surface area (Å²) in [4.78, 5) is 85.0. The lowest BCUT2D eigenvalue weighted by Gasteiger charge is -2.38. The van der Waals surface area contributed by atoms with Crippen molar-refractivity contribution < 1.29 is 28.8 Å². The summed E-state index contributed by atoms with van der Waals surface area (Å²) in [5.41, 5.74) is 2.78. The van der Waals surface area contributed by atoms with E-state index in [9.17, 15) is 28.8 Å². The first kappa shape index (κ1) is 42.1. The molecule has 0 aromatic heterocycles. The van der Waals surface area contributed by atoms with Gasteiger partial charge in [0.2, 0.25) is 17.6 Å². The van der Waals surface area contributed by atoms with Crippen LogP contribution in [0.4, 0.5) is 9.59 Å². The fraction of sp³-hybridized carbons (Fsp3) is 0.610. The molecule has 2 fully saturated rings. The minimum atomic E-state index is -1.06. The summed E-state index contributed by atoms with van der Waals surface area (Å²) in [6.07, 6.45) is 7.54. The number of amides is 7. The molecule has 5 atom stereocenters. The van der Waals surface area contributed by atoms with E-state index in [1.807, 2.05) is 71.9 Å². The number of hydrogen-bond acceptors (Lipinski definition) is 6. The zero-order valence-corrected chi connectivity index (χ0v) is 33.0. The Bertz CT molecular complexity index is 1560. The number of nitrogens with zero attached hydrogens (tertiary/aromatic N) is 2. The number of likely N-dealkylation sites (tertiary alicyclic amines) is 1. The van der Waals surface area contributed by atoms with Gasteiger partial charge < -0.3 is 36.4 Å². The van der Waals surface area contributed by atoms with Crippen molar-refractivity contribution in [2.45, 2.75) is 111 Å². The zero-order chi connectivity index (χ0) is 39.6. The van der Waals surface area contributed by atoms with Crippen molar-refractivity contribution in [3.63, 3.8) is 0 Å². The molecule has 2 aliphatic heterocycles. The smallest absolute Gasteiger partial charge is 0.317 e. The van der Waals surface area contributed by atoms with Crippen LogP contribution in [0.15, 0.2) is 48.6 Å². The summed E-state index contributed by atoms with van der Waals surface area (Å²) in [5, 5.41) is 14.4. The second kappa shape index (κ2) is 19.1. The average Bonchev–Trinajstić information content (AvgIpc) is 3.75. The van der Waals surface area contributed by atoms with Crippen LogP contribution in [0.2, 0.25) is 0 Å². The largest absolute Gasteiger partial charge is 0.346 e. The molecule has 0 radical (unpaired) electrons. The molecule has 7 amide bonds. The van der Waals surface area contributed by atoms with Crippen LogP contribution in [0, 0.1) is 17.3 Å². The average molecular weight is 748 g/mol. The van der Waals surface area contributed by atoms with E-state index in [-0.39, 0.29) is 43.3 Å². The Morgan fingerprint density at radius 1 is 1.02 bits per heavy atom. The number of urea groups is 2.